The van der Waals surface area contributed by atoms with E-state index in [1.54, 1.807) is 18.5 Å². The number of anilines is 2. The Labute approximate surface area is 205 Å². The summed E-state index contributed by atoms with van der Waals surface area (Å²) in [5, 5.41) is 8.95. The Hall–Kier alpha value is -3.05. The first-order valence-electron chi connectivity index (χ1n) is 11.7. The highest BCUT2D eigenvalue weighted by molar-refractivity contribution is 7.90. The maximum Gasteiger partial charge on any atom is 0.293 e. The molecule has 11 heteroatoms. The van der Waals surface area contributed by atoms with Gasteiger partial charge < -0.3 is 15.0 Å². The highest BCUT2D eigenvalue weighted by Gasteiger charge is 2.27. The summed E-state index contributed by atoms with van der Waals surface area (Å²) in [6, 6.07) is 5.68. The zero-order valence-corrected chi connectivity index (χ0v) is 21.4. The minimum absolute atomic E-state index is 0.318. The number of nitrogens with one attached hydrogen (secondary N) is 1. The van der Waals surface area contributed by atoms with Crippen molar-refractivity contribution in [3.8, 4) is 0 Å². The van der Waals surface area contributed by atoms with Crippen molar-refractivity contribution in [2.45, 2.75) is 56.6 Å². The van der Waals surface area contributed by atoms with E-state index in [4.69, 9.17) is 0 Å². The van der Waals surface area contributed by atoms with Crippen LogP contribution in [-0.4, -0.2) is 66.1 Å². The molecule has 188 valence electrons. The van der Waals surface area contributed by atoms with Crippen LogP contribution in [0.2, 0.25) is 0 Å². The molecule has 10 nitrogen and oxygen atoms in total. The Kier molecular flexibility index (Phi) is 7.09. The van der Waals surface area contributed by atoms with Crippen molar-refractivity contribution in [3.05, 3.63) is 36.3 Å². The molecule has 0 bridgehead atoms. The van der Waals surface area contributed by atoms with E-state index in [1.165, 1.54) is 6.26 Å². The number of fused-ring (bicyclic) bond motifs is 2. The van der Waals surface area contributed by atoms with Crippen molar-refractivity contribution >= 4 is 38.8 Å². The maximum absolute atomic E-state index is 11.9. The van der Waals surface area contributed by atoms with Crippen molar-refractivity contribution in [2.75, 3.05) is 30.8 Å². The molecule has 0 aliphatic carbocycles. The van der Waals surface area contributed by atoms with E-state index in [0.717, 1.165) is 67.0 Å². The van der Waals surface area contributed by atoms with Crippen molar-refractivity contribution < 1.29 is 17.9 Å². The first-order valence-corrected chi connectivity index (χ1v) is 13.6. The number of piperidine rings is 1. The second kappa shape index (κ2) is 9.90. The molecule has 35 heavy (non-hydrogen) atoms. The van der Waals surface area contributed by atoms with Gasteiger partial charge in [-0.2, -0.15) is 5.10 Å². The minimum Gasteiger partial charge on any atom is -0.462 e. The zero-order chi connectivity index (χ0) is 25.2. The summed E-state index contributed by atoms with van der Waals surface area (Å²) in [6.07, 6.45) is 7.56. The molecular weight excluding hydrogens is 468 g/mol. The van der Waals surface area contributed by atoms with E-state index in [9.17, 15) is 13.2 Å². The lowest BCUT2D eigenvalue weighted by Crippen LogP contribution is -2.30. The predicted octanol–water partition coefficient (Wildman–Crippen LogP) is 2.81. The van der Waals surface area contributed by atoms with Gasteiger partial charge in [0.05, 0.1) is 22.5 Å². The van der Waals surface area contributed by atoms with Crippen LogP contribution in [0.3, 0.4) is 0 Å². The molecule has 4 heterocycles. The topological polar surface area (TPSA) is 119 Å². The van der Waals surface area contributed by atoms with E-state index >= 15 is 0 Å². The first kappa shape index (κ1) is 25.1. The van der Waals surface area contributed by atoms with Crippen molar-refractivity contribution in [2.24, 2.45) is 0 Å². The summed E-state index contributed by atoms with van der Waals surface area (Å²) in [4.78, 5) is 21.2. The molecule has 0 saturated carbocycles. The molecule has 1 N–H and O–H groups in total. The van der Waals surface area contributed by atoms with Gasteiger partial charge in [-0.25, -0.2) is 23.1 Å². The third-order valence-corrected chi connectivity index (χ3v) is 7.17. The Morgan fingerprint density at radius 3 is 2.54 bits per heavy atom. The molecule has 1 aromatic carbocycles. The number of carbonyl (C=O) groups excluding carboxylic acids is 1. The molecule has 3 aromatic rings. The van der Waals surface area contributed by atoms with E-state index in [1.807, 2.05) is 37.7 Å². The van der Waals surface area contributed by atoms with Gasteiger partial charge in [0.15, 0.2) is 15.5 Å². The maximum atomic E-state index is 11.9. The fourth-order valence-corrected chi connectivity index (χ4v) is 5.03. The fraction of sp³-hybridized carbons (Fsp3) is 0.500. The molecule has 0 unspecified atom stereocenters. The Morgan fingerprint density at radius 1 is 1.17 bits per heavy atom. The van der Waals surface area contributed by atoms with Crippen LogP contribution in [0.25, 0.3) is 11.0 Å². The number of rotatable bonds is 4. The predicted molar refractivity (Wildman–Crippen MR) is 134 cm³/mol. The summed E-state index contributed by atoms with van der Waals surface area (Å²) >= 11 is 0. The number of aromatic nitrogens is 4. The fourth-order valence-electron chi connectivity index (χ4n) is 4.36. The van der Waals surface area contributed by atoms with Gasteiger partial charge in [0.1, 0.15) is 17.7 Å². The van der Waals surface area contributed by atoms with E-state index in [0.29, 0.717) is 17.4 Å². The summed E-state index contributed by atoms with van der Waals surface area (Å²) in [5.41, 5.74) is 2.57. The molecule has 0 radical (unpaired) electrons. The quantitative estimate of drug-likeness (QED) is 0.539. The lowest BCUT2D eigenvalue weighted by molar-refractivity contribution is -0.138. The Balaban J connectivity index is 0.000000364. The number of hydrogen-bond acceptors (Lipinski definition) is 9. The van der Waals surface area contributed by atoms with Crippen molar-refractivity contribution in [3.63, 3.8) is 0 Å². The van der Waals surface area contributed by atoms with E-state index in [2.05, 4.69) is 30.0 Å². The molecule has 2 aliphatic rings. The Bertz CT molecular complexity index is 1310. The van der Waals surface area contributed by atoms with Crippen LogP contribution in [0.4, 0.5) is 11.5 Å². The zero-order valence-electron chi connectivity index (χ0n) is 20.6. The van der Waals surface area contributed by atoms with E-state index < -0.39 is 9.84 Å². The van der Waals surface area contributed by atoms with Gasteiger partial charge in [-0.1, -0.05) is 0 Å². The van der Waals surface area contributed by atoms with Crippen molar-refractivity contribution in [1.82, 2.24) is 25.1 Å². The largest absolute Gasteiger partial charge is 0.462 e. The summed E-state index contributed by atoms with van der Waals surface area (Å²) in [5.74, 6) is 0.830. The molecule has 0 atom stereocenters. The van der Waals surface area contributed by atoms with Gasteiger partial charge in [-0.15, -0.1) is 0 Å². The van der Waals surface area contributed by atoms with Crippen LogP contribution in [0.1, 0.15) is 45.2 Å². The first-order chi connectivity index (χ1) is 16.6. The number of hydrogen-bond donors (Lipinski definition) is 1. The average Bonchev–Trinajstić information content (AvgIpc) is 3.43. The number of nitrogens with zero attached hydrogens (tertiary/aromatic N) is 5. The van der Waals surface area contributed by atoms with Gasteiger partial charge in [0, 0.05) is 18.5 Å². The van der Waals surface area contributed by atoms with Crippen LogP contribution in [0.15, 0.2) is 35.6 Å². The van der Waals surface area contributed by atoms with Gasteiger partial charge in [-0.05, 0) is 76.9 Å². The molecule has 0 spiro atoms. The molecular formula is C24H32N6O4S. The van der Waals surface area contributed by atoms with Gasteiger partial charge in [-0.3, -0.25) is 4.79 Å². The highest BCUT2D eigenvalue weighted by Crippen LogP contribution is 2.38. The molecule has 2 aromatic heterocycles. The summed E-state index contributed by atoms with van der Waals surface area (Å²) in [6.45, 7) is 8.66. The lowest BCUT2D eigenvalue weighted by Gasteiger charge is -2.23. The third-order valence-electron chi connectivity index (χ3n) is 6.06. The van der Waals surface area contributed by atoms with Crippen LogP contribution >= 0.6 is 0 Å². The lowest BCUT2D eigenvalue weighted by atomic mass is 10.1. The van der Waals surface area contributed by atoms with Gasteiger partial charge in [0.2, 0.25) is 0 Å². The summed E-state index contributed by atoms with van der Waals surface area (Å²) in [7, 11) is -3.21. The standard InChI is InChI=1S/C19H22N6O2S.C5H10O2/c1-28(26,27)15-2-3-17-13(10-15)6-9-24(17)18-16-11-23-25(19(16)22-12-21-18)14-4-7-20-8-5-14;1-5(2,3)7-4-6/h2-3,10-12,14,20H,4-9H2,1H3;4H,1-3H3. The van der Waals surface area contributed by atoms with Crippen molar-refractivity contribution in [1.29, 1.82) is 0 Å². The normalized spacial score (nSPS) is 16.5. The van der Waals surface area contributed by atoms with Gasteiger partial charge >= 0.3 is 0 Å². The second-order valence-electron chi connectivity index (χ2n) is 9.80. The number of carbonyl (C=O) groups is 1. The second-order valence-corrected chi connectivity index (χ2v) is 11.8. The Morgan fingerprint density at radius 2 is 1.91 bits per heavy atom. The van der Waals surface area contributed by atoms with Crippen LogP contribution in [0, 0.1) is 0 Å². The average molecular weight is 501 g/mol. The molecule has 1 saturated heterocycles. The van der Waals surface area contributed by atoms with Gasteiger partial charge in [0.25, 0.3) is 6.47 Å². The molecule has 5 rings (SSSR count). The monoisotopic (exact) mass is 500 g/mol. The van der Waals surface area contributed by atoms with E-state index in [-0.39, 0.29) is 5.60 Å². The molecule has 0 amide bonds. The van der Waals surface area contributed by atoms with Crippen LogP contribution in [0.5, 0.6) is 0 Å². The number of ether oxygens (including phenoxy) is 1. The van der Waals surface area contributed by atoms with Crippen LogP contribution < -0.4 is 10.2 Å². The molecule has 2 aliphatic heterocycles. The minimum atomic E-state index is -3.21. The highest BCUT2D eigenvalue weighted by atomic mass is 32.2. The number of sulfone groups is 1. The third kappa shape index (κ3) is 5.62. The SMILES string of the molecule is CC(C)(C)OC=O.CS(=O)(=O)c1ccc2c(c1)CCN2c1ncnc2c1cnn2C1CCNCC1. The van der Waals surface area contributed by atoms with Crippen LogP contribution in [-0.2, 0) is 25.8 Å². The smallest absolute Gasteiger partial charge is 0.293 e. The molecule has 1 fully saturated rings. The number of benzene rings is 1. The summed E-state index contributed by atoms with van der Waals surface area (Å²) < 4.78 is 30.3.